The van der Waals surface area contributed by atoms with Gasteiger partial charge in [0.25, 0.3) is 0 Å². The Morgan fingerprint density at radius 2 is 1.63 bits per heavy atom. The number of anilines is 1. The highest BCUT2D eigenvalue weighted by molar-refractivity contribution is 6.33. The maximum absolute atomic E-state index is 13.8. The Kier molecular flexibility index (Phi) is 5.64. The second-order valence-corrected chi connectivity index (χ2v) is 7.44. The zero-order valence-corrected chi connectivity index (χ0v) is 17.2. The number of benzene rings is 3. The van der Waals surface area contributed by atoms with Crippen LogP contribution in [0.15, 0.2) is 91.5 Å². The van der Waals surface area contributed by atoms with E-state index < -0.39 is 0 Å². The van der Waals surface area contributed by atoms with Crippen LogP contribution in [0.1, 0.15) is 11.1 Å². The normalized spacial score (nSPS) is 10.6. The predicted molar refractivity (Wildman–Crippen MR) is 124 cm³/mol. The Balaban J connectivity index is 1.79. The molecule has 0 bridgehead atoms. The average Bonchev–Trinajstić information content (AvgIpc) is 2.76. The number of nitrogens with zero attached hydrogens (tertiary/aromatic N) is 1. The summed E-state index contributed by atoms with van der Waals surface area (Å²) in [6, 6.07) is 26.3. The molecule has 0 aliphatic heterocycles. The van der Waals surface area contributed by atoms with Crippen molar-refractivity contribution in [1.82, 2.24) is 4.98 Å². The van der Waals surface area contributed by atoms with Gasteiger partial charge in [-0.2, -0.15) is 0 Å². The van der Waals surface area contributed by atoms with Gasteiger partial charge in [0.1, 0.15) is 11.6 Å². The van der Waals surface area contributed by atoms with Gasteiger partial charge in [0.15, 0.2) is 0 Å². The lowest BCUT2D eigenvalue weighted by atomic mass is 10.0. The Hall–Kier alpha value is -3.43. The second kappa shape index (κ2) is 8.52. The van der Waals surface area contributed by atoms with Crippen LogP contribution in [0, 0.1) is 12.7 Å². The van der Waals surface area contributed by atoms with E-state index in [2.05, 4.69) is 11.9 Å². The smallest absolute Gasteiger partial charge is 0.131 e. The first-order valence-corrected chi connectivity index (χ1v) is 9.94. The van der Waals surface area contributed by atoms with E-state index in [1.54, 1.807) is 6.07 Å². The number of hydrogen-bond acceptors (Lipinski definition) is 2. The van der Waals surface area contributed by atoms with E-state index in [4.69, 9.17) is 16.6 Å². The molecule has 0 fully saturated rings. The summed E-state index contributed by atoms with van der Waals surface area (Å²) >= 11 is 6.43. The highest BCUT2D eigenvalue weighted by Gasteiger charge is 2.12. The largest absolute Gasteiger partial charge is 0.340 e. The Morgan fingerprint density at radius 3 is 2.40 bits per heavy atom. The van der Waals surface area contributed by atoms with Crippen molar-refractivity contribution >= 4 is 23.1 Å². The summed E-state index contributed by atoms with van der Waals surface area (Å²) in [6.07, 6.45) is 0. The van der Waals surface area contributed by atoms with Gasteiger partial charge in [0.05, 0.1) is 5.69 Å². The van der Waals surface area contributed by atoms with Crippen molar-refractivity contribution in [2.75, 3.05) is 5.32 Å². The van der Waals surface area contributed by atoms with Gasteiger partial charge in [-0.05, 0) is 53.9 Å². The minimum Gasteiger partial charge on any atom is -0.340 e. The third kappa shape index (κ3) is 4.27. The van der Waals surface area contributed by atoms with Crippen molar-refractivity contribution in [1.29, 1.82) is 0 Å². The molecule has 148 valence electrons. The fraction of sp³-hybridized carbons (Fsp3) is 0.0385. The Labute approximate surface area is 180 Å². The quantitative estimate of drug-likeness (QED) is 0.363. The predicted octanol–water partition coefficient (Wildman–Crippen LogP) is 7.60. The minimum atomic E-state index is -0.304. The van der Waals surface area contributed by atoms with Gasteiger partial charge < -0.3 is 5.32 Å². The van der Waals surface area contributed by atoms with E-state index in [1.165, 1.54) is 12.1 Å². The summed E-state index contributed by atoms with van der Waals surface area (Å²) in [6.45, 7) is 6.02. The van der Waals surface area contributed by atoms with Crippen LogP contribution < -0.4 is 5.32 Å². The molecule has 4 rings (SSSR count). The number of pyridine rings is 1. The molecule has 0 saturated carbocycles. The standard InChI is InChI=1S/C26H20ClFN2/c1-17-12-13-21(28)16-23(17)18(2)29-26-15-20(19-8-4-3-5-9-19)14-25(30-26)22-10-6-7-11-24(22)27/h3-16H,2H2,1H3,(H,29,30). The summed E-state index contributed by atoms with van der Waals surface area (Å²) < 4.78 is 13.8. The lowest BCUT2D eigenvalue weighted by molar-refractivity contribution is 0.627. The zero-order chi connectivity index (χ0) is 21.1. The second-order valence-electron chi connectivity index (χ2n) is 7.03. The monoisotopic (exact) mass is 414 g/mol. The van der Waals surface area contributed by atoms with Gasteiger partial charge in [-0.1, -0.05) is 72.8 Å². The summed E-state index contributed by atoms with van der Waals surface area (Å²) in [5.74, 6) is 0.307. The van der Waals surface area contributed by atoms with Gasteiger partial charge in [0.2, 0.25) is 0 Å². The highest BCUT2D eigenvalue weighted by atomic mass is 35.5. The molecule has 0 aliphatic carbocycles. The molecule has 3 aromatic carbocycles. The van der Waals surface area contributed by atoms with Crippen molar-refractivity contribution in [3.05, 3.63) is 113 Å². The number of nitrogens with one attached hydrogen (secondary N) is 1. The van der Waals surface area contributed by atoms with Gasteiger partial charge in [-0.15, -0.1) is 0 Å². The number of hydrogen-bond donors (Lipinski definition) is 1. The molecule has 30 heavy (non-hydrogen) atoms. The summed E-state index contributed by atoms with van der Waals surface area (Å²) in [4.78, 5) is 4.76. The van der Waals surface area contributed by atoms with Crippen LogP contribution in [-0.4, -0.2) is 4.98 Å². The molecule has 1 heterocycles. The lowest BCUT2D eigenvalue weighted by Gasteiger charge is -2.15. The first kappa shape index (κ1) is 19.9. The van der Waals surface area contributed by atoms with Crippen LogP contribution >= 0.6 is 11.6 Å². The van der Waals surface area contributed by atoms with Crippen molar-refractivity contribution < 1.29 is 4.39 Å². The van der Waals surface area contributed by atoms with E-state index in [-0.39, 0.29) is 5.82 Å². The van der Waals surface area contributed by atoms with Gasteiger partial charge in [-0.25, -0.2) is 9.37 Å². The fourth-order valence-electron chi connectivity index (χ4n) is 3.34. The molecule has 1 aromatic heterocycles. The van der Waals surface area contributed by atoms with E-state index in [0.29, 0.717) is 22.1 Å². The molecule has 0 amide bonds. The third-order valence-electron chi connectivity index (χ3n) is 4.89. The highest BCUT2D eigenvalue weighted by Crippen LogP contribution is 2.32. The lowest BCUT2D eigenvalue weighted by Crippen LogP contribution is -2.03. The SMILES string of the molecule is C=C(Nc1cc(-c2ccccc2)cc(-c2ccccc2Cl)n1)c1cc(F)ccc1C. The van der Waals surface area contributed by atoms with Crippen molar-refractivity contribution in [3.8, 4) is 22.4 Å². The van der Waals surface area contributed by atoms with E-state index in [9.17, 15) is 4.39 Å². The first-order valence-electron chi connectivity index (χ1n) is 9.56. The van der Waals surface area contributed by atoms with Crippen molar-refractivity contribution in [2.45, 2.75) is 6.92 Å². The molecular weight excluding hydrogens is 395 g/mol. The number of rotatable bonds is 5. The van der Waals surface area contributed by atoms with Crippen LogP contribution in [0.3, 0.4) is 0 Å². The molecule has 4 aromatic rings. The van der Waals surface area contributed by atoms with Gasteiger partial charge in [0, 0.05) is 21.8 Å². The van der Waals surface area contributed by atoms with Crippen molar-refractivity contribution in [3.63, 3.8) is 0 Å². The molecule has 0 radical (unpaired) electrons. The number of halogens is 2. The van der Waals surface area contributed by atoms with Crippen molar-refractivity contribution in [2.24, 2.45) is 0 Å². The molecule has 2 nitrogen and oxygen atoms in total. The molecule has 0 aliphatic rings. The fourth-order valence-corrected chi connectivity index (χ4v) is 3.57. The molecule has 4 heteroatoms. The number of aromatic nitrogens is 1. The maximum atomic E-state index is 13.8. The molecular formula is C26H20ClFN2. The molecule has 1 N–H and O–H groups in total. The van der Waals surface area contributed by atoms with Crippen LogP contribution in [0.4, 0.5) is 10.2 Å². The number of aryl methyl sites for hydroxylation is 1. The van der Waals surface area contributed by atoms with E-state index in [0.717, 1.165) is 27.9 Å². The summed E-state index contributed by atoms with van der Waals surface area (Å²) in [7, 11) is 0. The van der Waals surface area contributed by atoms with Crippen LogP contribution in [0.2, 0.25) is 5.02 Å². The van der Waals surface area contributed by atoms with E-state index in [1.807, 2.05) is 73.7 Å². The maximum Gasteiger partial charge on any atom is 0.131 e. The first-order chi connectivity index (χ1) is 14.5. The van der Waals surface area contributed by atoms with Crippen LogP contribution in [0.25, 0.3) is 28.1 Å². The van der Waals surface area contributed by atoms with E-state index >= 15 is 0 Å². The summed E-state index contributed by atoms with van der Waals surface area (Å²) in [5.41, 5.74) is 5.85. The average molecular weight is 415 g/mol. The molecule has 0 saturated heterocycles. The van der Waals surface area contributed by atoms with Crippen LogP contribution in [-0.2, 0) is 0 Å². The van der Waals surface area contributed by atoms with Gasteiger partial charge in [-0.3, -0.25) is 0 Å². The molecule has 0 spiro atoms. The zero-order valence-electron chi connectivity index (χ0n) is 16.5. The molecule has 0 unspecified atom stereocenters. The summed E-state index contributed by atoms with van der Waals surface area (Å²) in [5, 5.41) is 3.88. The third-order valence-corrected chi connectivity index (χ3v) is 5.22. The van der Waals surface area contributed by atoms with Gasteiger partial charge >= 0.3 is 0 Å². The minimum absolute atomic E-state index is 0.304. The molecule has 0 atom stereocenters. The topological polar surface area (TPSA) is 24.9 Å². The Morgan fingerprint density at radius 1 is 0.900 bits per heavy atom. The Bertz CT molecular complexity index is 1220. The van der Waals surface area contributed by atoms with Crippen LogP contribution in [0.5, 0.6) is 0 Å².